The highest BCUT2D eigenvalue weighted by atomic mass is 16.8. The maximum absolute atomic E-state index is 15.1. The van der Waals surface area contributed by atoms with Crippen molar-refractivity contribution < 1.29 is 19.7 Å². The lowest BCUT2D eigenvalue weighted by Crippen LogP contribution is -2.55. The summed E-state index contributed by atoms with van der Waals surface area (Å²) in [4.78, 5) is 0. The molecule has 0 radical (unpaired) electrons. The quantitative estimate of drug-likeness (QED) is 0.163. The molecule has 13 rings (SSSR count). The Morgan fingerprint density at radius 1 is 0.403 bits per heavy atom. The maximum Gasteiger partial charge on any atom is 0.164 e. The zero-order valence-electron chi connectivity index (χ0n) is 37.4. The number of aryl methyl sites for hydroxylation is 1. The first-order valence-electron chi connectivity index (χ1n) is 23.5. The van der Waals surface area contributed by atoms with E-state index in [4.69, 9.17) is 9.47 Å². The monoisotopic (exact) mass is 868 g/mol. The third-order valence-corrected chi connectivity index (χ3v) is 14.9. The Morgan fingerprint density at radius 2 is 0.716 bits per heavy atom. The van der Waals surface area contributed by atoms with Gasteiger partial charge < -0.3 is 19.7 Å². The number of benzene rings is 11. The van der Waals surface area contributed by atoms with Crippen LogP contribution < -0.4 is 0 Å². The average Bonchev–Trinajstić information content (AvgIpc) is 3.73. The van der Waals surface area contributed by atoms with Gasteiger partial charge in [-0.3, -0.25) is 0 Å². The number of allylic oxidation sites excluding steroid dienone is 1. The molecule has 0 bridgehead atoms. The fourth-order valence-electron chi connectivity index (χ4n) is 12.0. The van der Waals surface area contributed by atoms with Crippen molar-refractivity contribution >= 4 is 81.5 Å². The van der Waals surface area contributed by atoms with Gasteiger partial charge in [0.05, 0.1) is 0 Å². The molecular weight excluding hydrogens is 821 g/mol. The molecule has 4 nitrogen and oxygen atoms in total. The third-order valence-electron chi connectivity index (χ3n) is 14.9. The summed E-state index contributed by atoms with van der Waals surface area (Å²) in [7, 11) is 0. The van der Waals surface area contributed by atoms with Crippen molar-refractivity contribution in [1.29, 1.82) is 0 Å². The van der Waals surface area contributed by atoms with Gasteiger partial charge in [-0.2, -0.15) is 0 Å². The highest BCUT2D eigenvalue weighted by Gasteiger charge is 2.62. The molecule has 0 spiro atoms. The van der Waals surface area contributed by atoms with Crippen LogP contribution in [0.3, 0.4) is 0 Å². The number of fused-ring (bicyclic) bond motifs is 12. The molecule has 67 heavy (non-hydrogen) atoms. The number of hydrogen-bond acceptors (Lipinski definition) is 4. The van der Waals surface area contributed by atoms with Gasteiger partial charge in [-0.25, -0.2) is 0 Å². The lowest BCUT2D eigenvalue weighted by molar-refractivity contribution is -0.172. The lowest BCUT2D eigenvalue weighted by atomic mass is 9.68. The standard InChI is InChI=1S/C63H48O4/c1-61(2)66-59(62(64,55-35-39-19-3-7-23-43(39)47-27-11-15-31-51(47)55)56-36-40-20-4-8-24-44(40)48-28-12-16-32-52(48)56)60(67-61)63(65,57-37-41-21-5-9-25-45(41)49-29-13-17-33-53(49)57)58-38-42-22-6-10-26-46(42)50-30-14-18-34-54(50)58/h3-5,7-21,23-38,59-60,64-65H,6,22H2,1-2H3. The van der Waals surface area contributed by atoms with E-state index in [1.807, 2.05) is 44.2 Å². The summed E-state index contributed by atoms with van der Waals surface area (Å²) in [5, 5.41) is 44.1. The number of rotatable bonds is 6. The minimum Gasteiger partial charge on any atom is -0.377 e. The van der Waals surface area contributed by atoms with Crippen LogP contribution in [0.5, 0.6) is 0 Å². The van der Waals surface area contributed by atoms with Crippen molar-refractivity contribution in [1.82, 2.24) is 0 Å². The predicted molar refractivity (Wildman–Crippen MR) is 275 cm³/mol. The zero-order chi connectivity index (χ0) is 45.1. The van der Waals surface area contributed by atoms with Crippen LogP contribution in [0.15, 0.2) is 200 Å². The van der Waals surface area contributed by atoms with Crippen molar-refractivity contribution in [2.24, 2.45) is 0 Å². The van der Waals surface area contributed by atoms with Crippen LogP contribution in [-0.4, -0.2) is 28.2 Å². The lowest BCUT2D eigenvalue weighted by Gasteiger charge is -2.44. The number of ether oxygens (including phenoxy) is 2. The molecule has 11 aromatic carbocycles. The van der Waals surface area contributed by atoms with Crippen LogP contribution in [0.25, 0.3) is 81.5 Å². The van der Waals surface area contributed by atoms with E-state index in [1.54, 1.807) is 0 Å². The summed E-state index contributed by atoms with van der Waals surface area (Å²) in [6.07, 6.45) is 3.81. The molecule has 324 valence electrons. The van der Waals surface area contributed by atoms with Gasteiger partial charge in [-0.05, 0) is 154 Å². The van der Waals surface area contributed by atoms with Gasteiger partial charge in [0, 0.05) is 0 Å². The van der Waals surface area contributed by atoms with Gasteiger partial charge in [0.15, 0.2) is 5.79 Å². The topological polar surface area (TPSA) is 58.9 Å². The van der Waals surface area contributed by atoms with Crippen molar-refractivity contribution in [2.75, 3.05) is 0 Å². The summed E-state index contributed by atoms with van der Waals surface area (Å²) in [6.45, 7) is 3.82. The van der Waals surface area contributed by atoms with Crippen molar-refractivity contribution in [3.05, 3.63) is 234 Å². The van der Waals surface area contributed by atoms with Crippen LogP contribution in [0.1, 0.15) is 53.6 Å². The highest BCUT2D eigenvalue weighted by molar-refractivity contribution is 6.13. The molecule has 3 unspecified atom stereocenters. The molecule has 1 heterocycles. The summed E-state index contributed by atoms with van der Waals surface area (Å²) in [5.41, 5.74) is 1.19. The summed E-state index contributed by atoms with van der Waals surface area (Å²) in [6, 6.07) is 67.2. The highest BCUT2D eigenvalue weighted by Crippen LogP contribution is 2.56. The van der Waals surface area contributed by atoms with Crippen molar-refractivity contribution in [3.8, 4) is 0 Å². The maximum atomic E-state index is 15.1. The second kappa shape index (κ2) is 14.9. The molecule has 3 atom stereocenters. The molecule has 11 aromatic rings. The molecule has 2 aliphatic rings. The van der Waals surface area contributed by atoms with Gasteiger partial charge >= 0.3 is 0 Å². The van der Waals surface area contributed by atoms with Crippen LogP contribution in [0, 0.1) is 0 Å². The molecule has 1 saturated heterocycles. The Balaban J connectivity index is 1.20. The van der Waals surface area contributed by atoms with E-state index in [-0.39, 0.29) is 0 Å². The largest absolute Gasteiger partial charge is 0.377 e. The van der Waals surface area contributed by atoms with Crippen molar-refractivity contribution in [2.45, 2.75) is 55.9 Å². The average molecular weight is 869 g/mol. The van der Waals surface area contributed by atoms with Crippen LogP contribution >= 0.6 is 0 Å². The molecule has 0 aromatic heterocycles. The molecule has 1 fully saturated rings. The number of aliphatic hydroxyl groups is 2. The first-order valence-corrected chi connectivity index (χ1v) is 23.5. The molecule has 0 saturated carbocycles. The van der Waals surface area contributed by atoms with Gasteiger partial charge in [0.25, 0.3) is 0 Å². The van der Waals surface area contributed by atoms with E-state index in [1.165, 1.54) is 5.56 Å². The van der Waals surface area contributed by atoms with Gasteiger partial charge in [-0.15, -0.1) is 0 Å². The summed E-state index contributed by atoms with van der Waals surface area (Å²) in [5.74, 6) is -1.27. The summed E-state index contributed by atoms with van der Waals surface area (Å²) >= 11 is 0. The van der Waals surface area contributed by atoms with E-state index < -0.39 is 29.2 Å². The first-order chi connectivity index (χ1) is 32.7. The van der Waals surface area contributed by atoms with Gasteiger partial charge in [0.2, 0.25) is 0 Å². The fraction of sp³-hybridized carbons (Fsp3) is 0.143. The van der Waals surface area contributed by atoms with E-state index in [0.29, 0.717) is 22.3 Å². The van der Waals surface area contributed by atoms with E-state index in [9.17, 15) is 0 Å². The minimum atomic E-state index is -1.95. The second-order valence-corrected chi connectivity index (χ2v) is 19.1. The van der Waals surface area contributed by atoms with Crippen LogP contribution in [0.2, 0.25) is 0 Å². The smallest absolute Gasteiger partial charge is 0.164 e. The van der Waals surface area contributed by atoms with Gasteiger partial charge in [0.1, 0.15) is 23.4 Å². The van der Waals surface area contributed by atoms with E-state index in [0.717, 1.165) is 93.8 Å². The third kappa shape index (κ3) is 5.94. The first kappa shape index (κ1) is 40.1. The van der Waals surface area contributed by atoms with Crippen molar-refractivity contribution in [3.63, 3.8) is 0 Å². The number of hydrogen-bond donors (Lipinski definition) is 2. The molecule has 2 N–H and O–H groups in total. The van der Waals surface area contributed by atoms with Gasteiger partial charge in [-0.1, -0.05) is 188 Å². The molecular formula is C63H48O4. The molecule has 4 heteroatoms. The van der Waals surface area contributed by atoms with E-state index >= 15 is 10.2 Å². The zero-order valence-corrected chi connectivity index (χ0v) is 37.4. The second-order valence-electron chi connectivity index (χ2n) is 19.1. The summed E-state index contributed by atoms with van der Waals surface area (Å²) < 4.78 is 14.9. The molecule has 0 amide bonds. The Bertz CT molecular complexity index is 3740. The Kier molecular flexibility index (Phi) is 8.93. The molecule has 1 aliphatic carbocycles. The minimum absolute atomic E-state index is 0.671. The Morgan fingerprint density at radius 3 is 1.12 bits per heavy atom. The van der Waals surface area contributed by atoms with Crippen LogP contribution in [0.4, 0.5) is 0 Å². The SMILES string of the molecule is CC1(C)OC(C(O)(c2cc3c(c4ccccc24)C=CCC3)c2cc3ccccc3c3ccccc23)C(C(O)(c2cc3ccccc3c3ccccc23)c2cc3ccccc3c3ccccc23)O1. The van der Waals surface area contributed by atoms with E-state index in [2.05, 4.69) is 176 Å². The predicted octanol–water partition coefficient (Wildman–Crippen LogP) is 14.4. The fourth-order valence-corrected chi connectivity index (χ4v) is 12.0. The Hall–Kier alpha value is -7.18. The normalized spacial score (nSPS) is 18.1. The van der Waals surface area contributed by atoms with Crippen LogP contribution in [-0.2, 0) is 27.1 Å². The molecule has 1 aliphatic heterocycles. The Labute approximate surface area is 389 Å².